The third kappa shape index (κ3) is 3.78. The van der Waals surface area contributed by atoms with Gasteiger partial charge in [-0.3, -0.25) is 4.79 Å². The Kier molecular flexibility index (Phi) is 5.02. The summed E-state index contributed by atoms with van der Waals surface area (Å²) >= 11 is 1.49. The van der Waals surface area contributed by atoms with E-state index in [4.69, 9.17) is 4.74 Å². The van der Waals surface area contributed by atoms with Gasteiger partial charge in [-0.1, -0.05) is 18.2 Å². The average molecular weight is 380 g/mol. The second kappa shape index (κ2) is 7.75. The molecule has 1 amide bonds. The predicted octanol–water partition coefficient (Wildman–Crippen LogP) is 3.18. The summed E-state index contributed by atoms with van der Waals surface area (Å²) in [7, 11) is 1.65. The first kappa shape index (κ1) is 17.5. The van der Waals surface area contributed by atoms with Crippen LogP contribution in [0, 0.1) is 0 Å². The third-order valence-corrected chi connectivity index (χ3v) is 5.50. The summed E-state index contributed by atoms with van der Waals surface area (Å²) in [5, 5.41) is 10.7. The molecule has 27 heavy (non-hydrogen) atoms. The fourth-order valence-corrected chi connectivity index (χ4v) is 3.82. The molecule has 138 valence electrons. The van der Waals surface area contributed by atoms with Crippen molar-refractivity contribution < 1.29 is 9.53 Å². The summed E-state index contributed by atoms with van der Waals surface area (Å²) in [5.41, 5.74) is 1.78. The number of benzene rings is 1. The number of carbonyl (C=O) groups is 1. The van der Waals surface area contributed by atoms with E-state index < -0.39 is 0 Å². The number of methoxy groups -OCH3 is 1. The molecule has 3 aromatic rings. The van der Waals surface area contributed by atoms with Crippen LogP contribution in [0.25, 0.3) is 11.3 Å². The normalized spacial score (nSPS) is 14.3. The molecule has 1 fully saturated rings. The van der Waals surface area contributed by atoms with Crippen LogP contribution in [-0.2, 0) is 0 Å². The van der Waals surface area contributed by atoms with Crippen molar-refractivity contribution in [3.63, 3.8) is 0 Å². The molecule has 7 heteroatoms. The Bertz CT molecular complexity index is 904. The van der Waals surface area contributed by atoms with Crippen LogP contribution >= 0.6 is 11.3 Å². The summed E-state index contributed by atoms with van der Waals surface area (Å²) in [5.74, 6) is 1.75. The molecule has 0 unspecified atom stereocenters. The lowest BCUT2D eigenvalue weighted by molar-refractivity contribution is 0.0751. The van der Waals surface area contributed by atoms with E-state index >= 15 is 0 Å². The van der Waals surface area contributed by atoms with E-state index in [-0.39, 0.29) is 5.91 Å². The molecule has 0 saturated carbocycles. The minimum Gasteiger partial charge on any atom is -0.497 e. The number of rotatable bonds is 4. The van der Waals surface area contributed by atoms with Crippen LogP contribution in [0.5, 0.6) is 5.75 Å². The van der Waals surface area contributed by atoms with Gasteiger partial charge >= 0.3 is 0 Å². The average Bonchev–Trinajstić information content (AvgIpc) is 3.28. The first-order valence-corrected chi connectivity index (χ1v) is 9.68. The summed E-state index contributed by atoms with van der Waals surface area (Å²) in [4.78, 5) is 17.3. The van der Waals surface area contributed by atoms with E-state index in [1.807, 2.05) is 58.8 Å². The SMILES string of the molecule is COc1cccc(-c2ccc(N3CCN(C(=O)c4cccs4)CC3)nn2)c1. The van der Waals surface area contributed by atoms with Crippen molar-refractivity contribution in [1.82, 2.24) is 15.1 Å². The van der Waals surface area contributed by atoms with Gasteiger partial charge < -0.3 is 14.5 Å². The van der Waals surface area contributed by atoms with Crippen LogP contribution in [0.1, 0.15) is 9.67 Å². The number of nitrogens with zero attached hydrogens (tertiary/aromatic N) is 4. The molecular formula is C20H20N4O2S. The highest BCUT2D eigenvalue weighted by molar-refractivity contribution is 7.12. The maximum Gasteiger partial charge on any atom is 0.264 e. The molecule has 3 heterocycles. The Morgan fingerprint density at radius 2 is 1.89 bits per heavy atom. The zero-order valence-electron chi connectivity index (χ0n) is 15.0. The first-order valence-electron chi connectivity index (χ1n) is 8.80. The molecule has 1 aliphatic rings. The lowest BCUT2D eigenvalue weighted by Crippen LogP contribution is -2.48. The third-order valence-electron chi connectivity index (χ3n) is 4.64. The molecule has 1 aliphatic heterocycles. The van der Waals surface area contributed by atoms with Gasteiger partial charge in [0, 0.05) is 31.7 Å². The number of thiophene rings is 1. The molecule has 0 N–H and O–H groups in total. The predicted molar refractivity (Wildman–Crippen MR) is 106 cm³/mol. The Balaban J connectivity index is 1.41. The lowest BCUT2D eigenvalue weighted by atomic mass is 10.1. The van der Waals surface area contributed by atoms with Crippen molar-refractivity contribution >= 4 is 23.1 Å². The summed E-state index contributed by atoms with van der Waals surface area (Å²) in [6.07, 6.45) is 0. The minimum absolute atomic E-state index is 0.115. The molecule has 1 aromatic carbocycles. The summed E-state index contributed by atoms with van der Waals surface area (Å²) < 4.78 is 5.26. The maximum absolute atomic E-state index is 12.4. The van der Waals surface area contributed by atoms with Gasteiger partial charge in [0.1, 0.15) is 5.75 Å². The second-order valence-electron chi connectivity index (χ2n) is 6.27. The standard InChI is InChI=1S/C20H20N4O2S/c1-26-16-5-2-4-15(14-16)17-7-8-19(22-21-17)23-9-11-24(12-10-23)20(25)18-6-3-13-27-18/h2-8,13-14H,9-12H2,1H3. The van der Waals surface area contributed by atoms with Gasteiger partial charge in [0.05, 0.1) is 17.7 Å². The number of hydrogen-bond donors (Lipinski definition) is 0. The summed E-state index contributed by atoms with van der Waals surface area (Å²) in [6, 6.07) is 15.5. The van der Waals surface area contributed by atoms with Crippen molar-refractivity contribution in [2.24, 2.45) is 0 Å². The smallest absolute Gasteiger partial charge is 0.264 e. The lowest BCUT2D eigenvalue weighted by Gasteiger charge is -2.35. The van der Waals surface area contributed by atoms with Crippen LogP contribution in [0.15, 0.2) is 53.9 Å². The van der Waals surface area contributed by atoms with Crippen molar-refractivity contribution in [2.75, 3.05) is 38.2 Å². The molecule has 0 spiro atoms. The number of amides is 1. The van der Waals surface area contributed by atoms with E-state index in [9.17, 15) is 4.79 Å². The second-order valence-corrected chi connectivity index (χ2v) is 7.21. The van der Waals surface area contributed by atoms with E-state index in [0.717, 1.165) is 40.8 Å². The van der Waals surface area contributed by atoms with E-state index in [0.29, 0.717) is 13.1 Å². The Hall–Kier alpha value is -2.93. The van der Waals surface area contributed by atoms with Crippen LogP contribution < -0.4 is 9.64 Å². The minimum atomic E-state index is 0.115. The highest BCUT2D eigenvalue weighted by Crippen LogP contribution is 2.23. The van der Waals surface area contributed by atoms with Crippen LogP contribution in [0.2, 0.25) is 0 Å². The van der Waals surface area contributed by atoms with Gasteiger partial charge in [-0.2, -0.15) is 0 Å². The monoisotopic (exact) mass is 380 g/mol. The van der Waals surface area contributed by atoms with E-state index in [1.54, 1.807) is 7.11 Å². The maximum atomic E-state index is 12.4. The molecular weight excluding hydrogens is 360 g/mol. The fourth-order valence-electron chi connectivity index (χ4n) is 3.12. The molecule has 0 bridgehead atoms. The van der Waals surface area contributed by atoms with Gasteiger partial charge in [-0.05, 0) is 35.7 Å². The molecule has 1 saturated heterocycles. The zero-order valence-corrected chi connectivity index (χ0v) is 15.9. The fraction of sp³-hybridized carbons (Fsp3) is 0.250. The van der Waals surface area contributed by atoms with Gasteiger partial charge in [0.2, 0.25) is 0 Å². The quantitative estimate of drug-likeness (QED) is 0.696. The van der Waals surface area contributed by atoms with Gasteiger partial charge in [-0.15, -0.1) is 21.5 Å². The first-order chi connectivity index (χ1) is 13.2. The number of anilines is 1. The van der Waals surface area contributed by atoms with Crippen molar-refractivity contribution in [2.45, 2.75) is 0 Å². The highest BCUT2D eigenvalue weighted by Gasteiger charge is 2.23. The highest BCUT2D eigenvalue weighted by atomic mass is 32.1. The summed E-state index contributed by atoms with van der Waals surface area (Å²) in [6.45, 7) is 2.89. The number of aromatic nitrogens is 2. The molecule has 6 nitrogen and oxygen atoms in total. The van der Waals surface area contributed by atoms with Crippen LogP contribution in [0.4, 0.5) is 5.82 Å². The molecule has 0 atom stereocenters. The van der Waals surface area contributed by atoms with Crippen molar-refractivity contribution in [1.29, 1.82) is 0 Å². The van der Waals surface area contributed by atoms with E-state index in [2.05, 4.69) is 15.1 Å². The van der Waals surface area contributed by atoms with Gasteiger partial charge in [0.15, 0.2) is 5.82 Å². The number of carbonyl (C=O) groups excluding carboxylic acids is 1. The molecule has 2 aromatic heterocycles. The molecule has 0 radical (unpaired) electrons. The molecule has 0 aliphatic carbocycles. The number of hydrogen-bond acceptors (Lipinski definition) is 6. The van der Waals surface area contributed by atoms with Gasteiger partial charge in [-0.25, -0.2) is 0 Å². The topological polar surface area (TPSA) is 58.6 Å². The van der Waals surface area contributed by atoms with Gasteiger partial charge in [0.25, 0.3) is 5.91 Å². The number of ether oxygens (including phenoxy) is 1. The van der Waals surface area contributed by atoms with Crippen LogP contribution in [-0.4, -0.2) is 54.3 Å². The molecule has 4 rings (SSSR count). The van der Waals surface area contributed by atoms with Crippen LogP contribution in [0.3, 0.4) is 0 Å². The van der Waals surface area contributed by atoms with E-state index in [1.165, 1.54) is 11.3 Å². The van der Waals surface area contributed by atoms with Crippen molar-refractivity contribution in [3.05, 3.63) is 58.8 Å². The Morgan fingerprint density at radius 3 is 2.56 bits per heavy atom. The Labute approximate surface area is 162 Å². The van der Waals surface area contributed by atoms with Crippen molar-refractivity contribution in [3.8, 4) is 17.0 Å². The zero-order chi connectivity index (χ0) is 18.6. The number of piperazine rings is 1. The largest absolute Gasteiger partial charge is 0.497 e. The Morgan fingerprint density at radius 1 is 1.04 bits per heavy atom.